The Bertz CT molecular complexity index is 32.6. The number of hydrogen-bond donors (Lipinski definition) is 1. The third-order valence-electron chi connectivity index (χ3n) is 0. The molecule has 34 valence electrons. The molecule has 0 aliphatic rings. The summed E-state index contributed by atoms with van der Waals surface area (Å²) in [6, 6.07) is 0. The van der Waals surface area contributed by atoms with Crippen molar-refractivity contribution in [2.24, 2.45) is 0 Å². The first-order valence-corrected chi connectivity index (χ1v) is 4.82. The molecule has 0 aromatic rings. The van der Waals surface area contributed by atoms with Crippen LogP contribution in [-0.2, 0) is 20.8 Å². The quantitative estimate of drug-likeness (QED) is 0.498. The van der Waals surface area contributed by atoms with Gasteiger partial charge in [0.05, 0.1) is 0 Å². The van der Waals surface area contributed by atoms with E-state index in [0.29, 0.717) is 0 Å². The summed E-state index contributed by atoms with van der Waals surface area (Å²) in [5.41, 5.74) is 1.33. The van der Waals surface area contributed by atoms with E-state index in [4.69, 9.17) is 4.10 Å². The summed E-state index contributed by atoms with van der Waals surface area (Å²) in [5.74, 6) is 0. The average Bonchev–Trinajstić information content (AvgIpc) is 0.811. The SMILES string of the molecule is C[AsH](=O)O.[Fe]. The van der Waals surface area contributed by atoms with Gasteiger partial charge in [-0.3, -0.25) is 0 Å². The van der Waals surface area contributed by atoms with Crippen LogP contribution in [0.1, 0.15) is 0 Å². The summed E-state index contributed by atoms with van der Waals surface area (Å²) in [6.07, 6.45) is 0. The maximum atomic E-state index is 9.25. The molecule has 0 fully saturated rings. The molecule has 5 heavy (non-hydrogen) atoms. The van der Waals surface area contributed by atoms with Gasteiger partial charge in [0, 0.05) is 17.1 Å². The van der Waals surface area contributed by atoms with Gasteiger partial charge >= 0.3 is 28.5 Å². The van der Waals surface area contributed by atoms with E-state index in [1.165, 1.54) is 5.71 Å². The molecule has 0 saturated heterocycles. The Hall–Kier alpha value is 0.838. The Kier molecular flexibility index (Phi) is 8.98. The van der Waals surface area contributed by atoms with Crippen molar-refractivity contribution in [1.82, 2.24) is 0 Å². The molecule has 1 N–H and O–H groups in total. The van der Waals surface area contributed by atoms with Crippen LogP contribution in [0.3, 0.4) is 0 Å². The van der Waals surface area contributed by atoms with Gasteiger partial charge in [-0.05, 0) is 0 Å². The van der Waals surface area contributed by atoms with Crippen molar-refractivity contribution >= 4 is 14.9 Å². The first kappa shape index (κ1) is 9.28. The second kappa shape index (κ2) is 4.84. The van der Waals surface area contributed by atoms with E-state index in [2.05, 4.69) is 0 Å². The fourth-order valence-corrected chi connectivity index (χ4v) is 0. The van der Waals surface area contributed by atoms with Gasteiger partial charge in [0.2, 0.25) is 0 Å². The van der Waals surface area contributed by atoms with E-state index in [0.717, 1.165) is 0 Å². The molecule has 4 heteroatoms. The average molecular weight is 180 g/mol. The van der Waals surface area contributed by atoms with Crippen LogP contribution in [0.15, 0.2) is 0 Å². The summed E-state index contributed by atoms with van der Waals surface area (Å²) in [4.78, 5) is 0. The zero-order valence-corrected chi connectivity index (χ0v) is 5.91. The van der Waals surface area contributed by atoms with Gasteiger partial charge in [-0.15, -0.1) is 0 Å². The molecule has 0 bridgehead atoms. The third-order valence-corrected chi connectivity index (χ3v) is 0. The van der Waals surface area contributed by atoms with Crippen molar-refractivity contribution in [2.75, 3.05) is 0 Å². The second-order valence-corrected chi connectivity index (χ2v) is 2.70. The van der Waals surface area contributed by atoms with Crippen molar-refractivity contribution < 1.29 is 24.9 Å². The van der Waals surface area contributed by atoms with Gasteiger partial charge in [0.25, 0.3) is 0 Å². The van der Waals surface area contributed by atoms with E-state index in [1.807, 2.05) is 0 Å². The van der Waals surface area contributed by atoms with Crippen LogP contribution in [0.2, 0.25) is 5.71 Å². The van der Waals surface area contributed by atoms with Crippen LogP contribution in [0.4, 0.5) is 0 Å². The summed E-state index contributed by atoms with van der Waals surface area (Å²) >= 11 is -2.58. The van der Waals surface area contributed by atoms with Crippen molar-refractivity contribution in [3.8, 4) is 0 Å². The van der Waals surface area contributed by atoms with E-state index < -0.39 is 14.9 Å². The van der Waals surface area contributed by atoms with Crippen LogP contribution in [0.25, 0.3) is 0 Å². The van der Waals surface area contributed by atoms with Gasteiger partial charge in [-0.25, -0.2) is 0 Å². The second-order valence-electron chi connectivity index (χ2n) is 0.519. The predicted octanol–water partition coefficient (Wildman–Crippen LogP) is -0.743. The Morgan fingerprint density at radius 3 is 1.80 bits per heavy atom. The van der Waals surface area contributed by atoms with E-state index >= 15 is 0 Å². The van der Waals surface area contributed by atoms with E-state index in [-0.39, 0.29) is 17.1 Å². The van der Waals surface area contributed by atoms with Gasteiger partial charge in [0.15, 0.2) is 0 Å². The van der Waals surface area contributed by atoms with Crippen molar-refractivity contribution in [3.63, 3.8) is 0 Å². The summed E-state index contributed by atoms with van der Waals surface area (Å²) in [5, 5.41) is 0. The minimum atomic E-state index is -2.58. The number of rotatable bonds is 0. The van der Waals surface area contributed by atoms with Gasteiger partial charge in [0.1, 0.15) is 0 Å². The van der Waals surface area contributed by atoms with Crippen molar-refractivity contribution in [1.29, 1.82) is 0 Å². The molecule has 1 unspecified atom stereocenters. The largest absolute Gasteiger partial charge is 0 e. The third kappa shape index (κ3) is 55.5. The normalized spacial score (nSPS) is 12.4. The van der Waals surface area contributed by atoms with E-state index in [1.54, 1.807) is 0 Å². The Balaban J connectivity index is 0. The molecule has 0 amide bonds. The van der Waals surface area contributed by atoms with Gasteiger partial charge in [-0.2, -0.15) is 0 Å². The molecular formula is CH5AsFeO2. The van der Waals surface area contributed by atoms with E-state index in [9.17, 15) is 3.74 Å². The Morgan fingerprint density at radius 1 is 1.80 bits per heavy atom. The fourth-order valence-electron chi connectivity index (χ4n) is 0. The van der Waals surface area contributed by atoms with Crippen molar-refractivity contribution in [2.45, 2.75) is 5.71 Å². The molecule has 0 aromatic heterocycles. The van der Waals surface area contributed by atoms with Gasteiger partial charge < -0.3 is 0 Å². The van der Waals surface area contributed by atoms with Crippen LogP contribution >= 0.6 is 0 Å². The molecule has 1 atom stereocenters. The molecule has 2 nitrogen and oxygen atoms in total. The van der Waals surface area contributed by atoms with Crippen LogP contribution in [0, 0.1) is 0 Å². The molecule has 0 radical (unpaired) electrons. The topological polar surface area (TPSA) is 37.3 Å². The Morgan fingerprint density at radius 2 is 1.80 bits per heavy atom. The summed E-state index contributed by atoms with van der Waals surface area (Å²) in [6.45, 7) is 0. The van der Waals surface area contributed by atoms with Crippen LogP contribution < -0.4 is 0 Å². The first-order valence-electron chi connectivity index (χ1n) is 0.928. The molecule has 0 saturated carbocycles. The van der Waals surface area contributed by atoms with Crippen LogP contribution in [-0.4, -0.2) is 19.0 Å². The maximum absolute atomic E-state index is 9.25. The minimum absolute atomic E-state index is 0. The molecule has 0 aromatic carbocycles. The maximum Gasteiger partial charge on any atom is 0 e. The van der Waals surface area contributed by atoms with Crippen molar-refractivity contribution in [3.05, 3.63) is 0 Å². The van der Waals surface area contributed by atoms with Crippen LogP contribution in [0.5, 0.6) is 0 Å². The molecule has 0 aliphatic heterocycles. The zero-order chi connectivity index (χ0) is 3.58. The molecule has 0 heterocycles. The Labute approximate surface area is 45.9 Å². The summed E-state index contributed by atoms with van der Waals surface area (Å²) < 4.78 is 16.9. The molecular weight excluding hydrogens is 175 g/mol. The first-order chi connectivity index (χ1) is 1.73. The smallest absolute Gasteiger partial charge is 0 e. The number of hydrogen-bond acceptors (Lipinski definition) is 1. The summed E-state index contributed by atoms with van der Waals surface area (Å²) in [7, 11) is 0. The molecule has 0 rings (SSSR count). The molecule has 0 spiro atoms. The standard InChI is InChI=1S/CH5AsO2.Fe/c1-2(3)4;/h2H,1H3,(H,3,4);. The van der Waals surface area contributed by atoms with Gasteiger partial charge in [-0.1, -0.05) is 0 Å². The zero-order valence-electron chi connectivity index (χ0n) is 2.71. The minimum Gasteiger partial charge on any atom is 0 e. The fraction of sp³-hybridized carbons (Fsp3) is 1.00. The molecule has 0 aliphatic carbocycles. The predicted molar refractivity (Wildman–Crippen MR) is 15.9 cm³/mol. The monoisotopic (exact) mass is 180 g/mol.